The summed E-state index contributed by atoms with van der Waals surface area (Å²) in [6.07, 6.45) is 6.22. The number of rotatable bonds is 5. The standard InChI is InChI=1S/C20H22O3/c1-13(2)7-6-8-14(3)11-12-17-18(21)15-9-4-5-10-16(15)19(22)20(17)23/h4-5,7,9-11,21H,6,8,12H2,1-3H3. The minimum absolute atomic E-state index is 0.0708. The molecule has 1 aliphatic carbocycles. The van der Waals surface area contributed by atoms with Crippen LogP contribution in [0.1, 0.15) is 56.0 Å². The van der Waals surface area contributed by atoms with Crippen molar-refractivity contribution in [3.05, 3.63) is 64.3 Å². The van der Waals surface area contributed by atoms with Crippen molar-refractivity contribution in [2.75, 3.05) is 0 Å². The summed E-state index contributed by atoms with van der Waals surface area (Å²) in [5.74, 6) is -1.21. The molecule has 3 nitrogen and oxygen atoms in total. The molecule has 1 aliphatic rings. The van der Waals surface area contributed by atoms with Gasteiger partial charge in [-0.05, 0) is 40.0 Å². The summed E-state index contributed by atoms with van der Waals surface area (Å²) in [5, 5.41) is 10.3. The van der Waals surface area contributed by atoms with Gasteiger partial charge in [0, 0.05) is 16.7 Å². The average Bonchev–Trinajstić information content (AvgIpc) is 2.52. The summed E-state index contributed by atoms with van der Waals surface area (Å²) < 4.78 is 0. The van der Waals surface area contributed by atoms with Crippen LogP contribution in [-0.2, 0) is 4.79 Å². The van der Waals surface area contributed by atoms with E-state index in [4.69, 9.17) is 0 Å². The van der Waals surface area contributed by atoms with E-state index in [-0.39, 0.29) is 23.3 Å². The van der Waals surface area contributed by atoms with Crippen LogP contribution in [0.4, 0.5) is 0 Å². The Morgan fingerprint density at radius 3 is 2.30 bits per heavy atom. The number of Topliss-reactive ketones (excluding diaryl/α,β-unsaturated/α-hetero) is 2. The smallest absolute Gasteiger partial charge is 0.234 e. The Morgan fingerprint density at radius 2 is 1.65 bits per heavy atom. The molecule has 0 spiro atoms. The van der Waals surface area contributed by atoms with Crippen LogP contribution in [0.25, 0.3) is 5.76 Å². The normalized spacial score (nSPS) is 14.8. The van der Waals surface area contributed by atoms with Crippen LogP contribution in [-0.4, -0.2) is 16.7 Å². The van der Waals surface area contributed by atoms with Crippen molar-refractivity contribution in [1.82, 2.24) is 0 Å². The number of carbonyl (C=O) groups is 2. The van der Waals surface area contributed by atoms with E-state index >= 15 is 0 Å². The van der Waals surface area contributed by atoms with E-state index in [1.54, 1.807) is 24.3 Å². The molecule has 0 saturated carbocycles. The first-order chi connectivity index (χ1) is 10.9. The van der Waals surface area contributed by atoms with Gasteiger partial charge in [-0.15, -0.1) is 0 Å². The maximum absolute atomic E-state index is 12.2. The van der Waals surface area contributed by atoms with Crippen LogP contribution < -0.4 is 0 Å². The highest BCUT2D eigenvalue weighted by Crippen LogP contribution is 2.29. The number of fused-ring (bicyclic) bond motifs is 1. The van der Waals surface area contributed by atoms with Gasteiger partial charge < -0.3 is 5.11 Å². The lowest BCUT2D eigenvalue weighted by Crippen LogP contribution is -2.23. The number of aliphatic hydroxyl groups excluding tert-OH is 1. The Hall–Kier alpha value is -2.42. The number of hydrogen-bond acceptors (Lipinski definition) is 3. The third-order valence-corrected chi connectivity index (χ3v) is 3.94. The van der Waals surface area contributed by atoms with E-state index < -0.39 is 11.6 Å². The van der Waals surface area contributed by atoms with Gasteiger partial charge >= 0.3 is 0 Å². The second kappa shape index (κ2) is 7.23. The highest BCUT2D eigenvalue weighted by molar-refractivity contribution is 6.52. The third kappa shape index (κ3) is 3.86. The van der Waals surface area contributed by atoms with Gasteiger partial charge in [0.1, 0.15) is 5.76 Å². The average molecular weight is 310 g/mol. The quantitative estimate of drug-likeness (QED) is 0.627. The molecule has 23 heavy (non-hydrogen) atoms. The van der Waals surface area contributed by atoms with Gasteiger partial charge in [0.2, 0.25) is 11.6 Å². The first kappa shape index (κ1) is 16.9. The van der Waals surface area contributed by atoms with Crippen LogP contribution in [0, 0.1) is 0 Å². The maximum Gasteiger partial charge on any atom is 0.234 e. The van der Waals surface area contributed by atoms with Crippen LogP contribution in [0.5, 0.6) is 0 Å². The summed E-state index contributed by atoms with van der Waals surface area (Å²) in [6, 6.07) is 6.68. The predicted octanol–water partition coefficient (Wildman–Crippen LogP) is 4.80. The monoisotopic (exact) mass is 310 g/mol. The first-order valence-corrected chi connectivity index (χ1v) is 7.81. The van der Waals surface area contributed by atoms with Crippen molar-refractivity contribution in [1.29, 1.82) is 0 Å². The van der Waals surface area contributed by atoms with Crippen molar-refractivity contribution < 1.29 is 14.7 Å². The summed E-state index contributed by atoms with van der Waals surface area (Å²) in [6.45, 7) is 6.12. The van der Waals surface area contributed by atoms with Crippen LogP contribution in [0.15, 0.2) is 53.1 Å². The van der Waals surface area contributed by atoms with Gasteiger partial charge in [0.25, 0.3) is 0 Å². The second-order valence-corrected chi connectivity index (χ2v) is 6.11. The molecule has 0 unspecified atom stereocenters. The van der Waals surface area contributed by atoms with Crippen molar-refractivity contribution >= 4 is 17.3 Å². The Bertz CT molecular complexity index is 729. The zero-order chi connectivity index (χ0) is 17.0. The molecular formula is C20H22O3. The molecule has 1 N–H and O–H groups in total. The van der Waals surface area contributed by atoms with E-state index in [0.29, 0.717) is 5.56 Å². The number of aliphatic hydroxyl groups is 1. The lowest BCUT2D eigenvalue weighted by Gasteiger charge is -2.16. The lowest BCUT2D eigenvalue weighted by atomic mass is 9.87. The largest absolute Gasteiger partial charge is 0.507 e. The minimum Gasteiger partial charge on any atom is -0.507 e. The molecule has 3 heteroatoms. The fraction of sp³-hybridized carbons (Fsp3) is 0.300. The van der Waals surface area contributed by atoms with Gasteiger partial charge in [-0.3, -0.25) is 9.59 Å². The fourth-order valence-electron chi connectivity index (χ4n) is 2.57. The summed E-state index contributed by atoms with van der Waals surface area (Å²) in [5.41, 5.74) is 3.34. The Balaban J connectivity index is 2.20. The number of hydrogen-bond donors (Lipinski definition) is 1. The highest BCUT2D eigenvalue weighted by Gasteiger charge is 2.31. The molecule has 1 aromatic carbocycles. The molecule has 0 bridgehead atoms. The molecule has 0 amide bonds. The number of ketones is 2. The van der Waals surface area contributed by atoms with Crippen molar-refractivity contribution in [2.24, 2.45) is 0 Å². The van der Waals surface area contributed by atoms with Gasteiger partial charge in [0.05, 0.1) is 0 Å². The van der Waals surface area contributed by atoms with Crippen molar-refractivity contribution in [3.63, 3.8) is 0 Å². The van der Waals surface area contributed by atoms with Gasteiger partial charge in [-0.2, -0.15) is 0 Å². The Kier molecular flexibility index (Phi) is 5.32. The molecule has 0 aliphatic heterocycles. The van der Waals surface area contributed by atoms with E-state index in [9.17, 15) is 14.7 Å². The summed E-state index contributed by atoms with van der Waals surface area (Å²) in [4.78, 5) is 24.3. The van der Waals surface area contributed by atoms with Crippen LogP contribution in [0.3, 0.4) is 0 Å². The van der Waals surface area contributed by atoms with E-state index in [1.165, 1.54) is 5.57 Å². The van der Waals surface area contributed by atoms with Gasteiger partial charge in [0.15, 0.2) is 0 Å². The van der Waals surface area contributed by atoms with Gasteiger partial charge in [-0.25, -0.2) is 0 Å². The molecular weight excluding hydrogens is 288 g/mol. The highest BCUT2D eigenvalue weighted by atomic mass is 16.3. The summed E-state index contributed by atoms with van der Waals surface area (Å²) in [7, 11) is 0. The molecule has 0 saturated heterocycles. The molecule has 1 aromatic rings. The number of carbonyl (C=O) groups excluding carboxylic acids is 2. The maximum atomic E-state index is 12.2. The number of allylic oxidation sites excluding steroid dienone is 5. The fourth-order valence-corrected chi connectivity index (χ4v) is 2.57. The van der Waals surface area contributed by atoms with Crippen molar-refractivity contribution in [2.45, 2.75) is 40.0 Å². The van der Waals surface area contributed by atoms with Crippen LogP contribution in [0.2, 0.25) is 0 Å². The minimum atomic E-state index is -0.602. The van der Waals surface area contributed by atoms with Gasteiger partial charge in [-0.1, -0.05) is 47.6 Å². The predicted molar refractivity (Wildman–Crippen MR) is 92.4 cm³/mol. The zero-order valence-electron chi connectivity index (χ0n) is 13.8. The van der Waals surface area contributed by atoms with Crippen molar-refractivity contribution in [3.8, 4) is 0 Å². The molecule has 0 aromatic heterocycles. The summed E-state index contributed by atoms with van der Waals surface area (Å²) >= 11 is 0. The second-order valence-electron chi connectivity index (χ2n) is 6.11. The van der Waals surface area contributed by atoms with E-state index in [2.05, 4.69) is 19.9 Å². The first-order valence-electron chi connectivity index (χ1n) is 7.81. The SMILES string of the molecule is CC(C)=CCCC(C)=CCC1=C(O)c2ccccc2C(=O)C1=O. The molecule has 0 heterocycles. The third-order valence-electron chi connectivity index (χ3n) is 3.94. The lowest BCUT2D eigenvalue weighted by molar-refractivity contribution is -0.112. The molecule has 2 rings (SSSR count). The Morgan fingerprint density at radius 1 is 1.00 bits per heavy atom. The molecule has 0 radical (unpaired) electrons. The number of benzene rings is 1. The van der Waals surface area contributed by atoms with E-state index in [1.807, 2.05) is 13.0 Å². The van der Waals surface area contributed by atoms with Crippen LogP contribution >= 0.6 is 0 Å². The topological polar surface area (TPSA) is 54.4 Å². The molecule has 120 valence electrons. The molecule has 0 fully saturated rings. The van der Waals surface area contributed by atoms with E-state index in [0.717, 1.165) is 18.4 Å². The Labute approximate surface area is 137 Å². The molecule has 0 atom stereocenters. The zero-order valence-corrected chi connectivity index (χ0v) is 13.8.